The minimum Gasteiger partial charge on any atom is -0.507 e. The second-order valence-electron chi connectivity index (χ2n) is 7.54. The Morgan fingerprint density at radius 2 is 1.93 bits per heavy atom. The number of anilines is 3. The van der Waals surface area contributed by atoms with Crippen molar-refractivity contribution in [3.8, 4) is 5.75 Å². The molecule has 11 heteroatoms. The predicted octanol–water partition coefficient (Wildman–Crippen LogP) is 2.38. The van der Waals surface area contributed by atoms with Crippen LogP contribution in [0, 0.1) is 5.92 Å². The van der Waals surface area contributed by atoms with Crippen LogP contribution in [0.4, 0.5) is 17.5 Å². The number of aliphatic hydroxyl groups is 1. The molecule has 0 aliphatic heterocycles. The van der Waals surface area contributed by atoms with Crippen LogP contribution in [0.5, 0.6) is 5.75 Å². The Balaban J connectivity index is 2.08. The lowest BCUT2D eigenvalue weighted by Crippen LogP contribution is -2.30. The van der Waals surface area contributed by atoms with Gasteiger partial charge in [-0.3, -0.25) is 0 Å². The molecule has 1 atom stereocenters. The van der Waals surface area contributed by atoms with Crippen molar-refractivity contribution in [2.75, 3.05) is 17.2 Å². The normalized spacial score (nSPS) is 12.5. The van der Waals surface area contributed by atoms with E-state index in [-0.39, 0.29) is 41.9 Å². The van der Waals surface area contributed by atoms with Crippen molar-refractivity contribution >= 4 is 34.6 Å². The summed E-state index contributed by atoms with van der Waals surface area (Å²) in [5, 5.41) is 43.1. The highest BCUT2D eigenvalue weighted by atomic mass is 16.4. The number of hydrogen-bond donors (Lipinski definition) is 5. The van der Waals surface area contributed by atoms with Crippen molar-refractivity contribution in [1.29, 1.82) is 0 Å². The summed E-state index contributed by atoms with van der Waals surface area (Å²) in [6.45, 7) is 7.73. The van der Waals surface area contributed by atoms with E-state index in [1.54, 1.807) is 4.68 Å². The number of nitrogens with zero attached hydrogens (tertiary/aromatic N) is 5. The molecule has 0 amide bonds. The molecule has 1 aromatic carbocycles. The highest BCUT2D eigenvalue weighted by molar-refractivity contribution is 5.93. The van der Waals surface area contributed by atoms with Gasteiger partial charge in [-0.05, 0) is 38.0 Å². The molecule has 0 bridgehead atoms. The third kappa shape index (κ3) is 4.25. The number of aliphatic hydroxyl groups excluding tert-OH is 1. The maximum Gasteiger partial charge on any atom is 0.339 e. The van der Waals surface area contributed by atoms with Crippen LogP contribution in [0.3, 0.4) is 0 Å². The maximum absolute atomic E-state index is 11.3. The quantitative estimate of drug-likeness (QED) is 0.346. The van der Waals surface area contributed by atoms with Crippen LogP contribution in [0.1, 0.15) is 44.1 Å². The number of phenols is 1. The van der Waals surface area contributed by atoms with Crippen LogP contribution >= 0.6 is 0 Å². The Kier molecular flexibility index (Phi) is 6.01. The van der Waals surface area contributed by atoms with Gasteiger partial charge in [-0.1, -0.05) is 19.1 Å². The van der Waals surface area contributed by atoms with E-state index in [1.807, 2.05) is 27.7 Å². The molecule has 3 rings (SSSR count). The third-order valence-corrected chi connectivity index (χ3v) is 4.62. The van der Waals surface area contributed by atoms with Gasteiger partial charge in [0.05, 0.1) is 18.7 Å². The molecule has 160 valence electrons. The number of aromatic nitrogens is 5. The fraction of sp³-hybridized carbons (Fsp3) is 0.421. The Labute approximate surface area is 172 Å². The van der Waals surface area contributed by atoms with Crippen LogP contribution in [-0.4, -0.2) is 58.9 Å². The minimum atomic E-state index is -1.25. The summed E-state index contributed by atoms with van der Waals surface area (Å²) in [5.41, 5.74) is 1.06. The summed E-state index contributed by atoms with van der Waals surface area (Å²) in [6.07, 6.45) is 0. The largest absolute Gasteiger partial charge is 0.507 e. The maximum atomic E-state index is 11.3. The molecule has 11 nitrogen and oxygen atoms in total. The van der Waals surface area contributed by atoms with E-state index in [1.165, 1.54) is 18.2 Å². The van der Waals surface area contributed by atoms with Gasteiger partial charge >= 0.3 is 5.97 Å². The topological polar surface area (TPSA) is 158 Å². The number of carboxylic acids is 1. The van der Waals surface area contributed by atoms with Crippen LogP contribution in [-0.2, 0) is 0 Å². The van der Waals surface area contributed by atoms with Crippen molar-refractivity contribution in [3.05, 3.63) is 23.8 Å². The summed E-state index contributed by atoms with van der Waals surface area (Å²) in [7, 11) is 0. The summed E-state index contributed by atoms with van der Waals surface area (Å²) in [4.78, 5) is 20.3. The number of benzene rings is 1. The Morgan fingerprint density at radius 3 is 2.53 bits per heavy atom. The van der Waals surface area contributed by atoms with Gasteiger partial charge < -0.3 is 26.0 Å². The van der Waals surface area contributed by atoms with E-state index < -0.39 is 5.97 Å². The first kappa shape index (κ1) is 21.2. The number of fused-ring (bicyclic) bond motifs is 1. The van der Waals surface area contributed by atoms with Crippen molar-refractivity contribution in [3.63, 3.8) is 0 Å². The average molecular weight is 415 g/mol. The van der Waals surface area contributed by atoms with Gasteiger partial charge in [0, 0.05) is 5.69 Å². The zero-order chi connectivity index (χ0) is 22.0. The predicted molar refractivity (Wildman–Crippen MR) is 111 cm³/mol. The molecule has 0 aliphatic rings. The molecule has 3 aromatic rings. The van der Waals surface area contributed by atoms with Gasteiger partial charge in [0.25, 0.3) is 0 Å². The number of nitrogens with one attached hydrogen (secondary N) is 2. The summed E-state index contributed by atoms with van der Waals surface area (Å²) in [5.74, 6) is -0.860. The van der Waals surface area contributed by atoms with Gasteiger partial charge in [-0.2, -0.15) is 9.97 Å². The Morgan fingerprint density at radius 1 is 1.20 bits per heavy atom. The van der Waals surface area contributed by atoms with Crippen LogP contribution in [0.2, 0.25) is 0 Å². The van der Waals surface area contributed by atoms with Gasteiger partial charge in [0.2, 0.25) is 5.95 Å². The molecule has 2 aromatic heterocycles. The first-order valence-electron chi connectivity index (χ1n) is 9.55. The number of aromatic carboxylic acids is 1. The van der Waals surface area contributed by atoms with Crippen molar-refractivity contribution in [2.45, 2.75) is 39.8 Å². The highest BCUT2D eigenvalue weighted by Crippen LogP contribution is 2.28. The summed E-state index contributed by atoms with van der Waals surface area (Å²) < 4.78 is 1.65. The van der Waals surface area contributed by atoms with E-state index in [9.17, 15) is 20.1 Å². The standard InChI is InChI=1S/C19H25N7O4/c1-9(2)13(8-27)21-19-22-16(15-17(23-19)26(10(3)4)25-24-15)20-11-5-6-14(28)12(7-11)18(29)30/h5-7,9-10,13,27-28H,8H2,1-4H3,(H,29,30)(H2,20,21,22,23). The lowest BCUT2D eigenvalue weighted by molar-refractivity contribution is 0.0693. The van der Waals surface area contributed by atoms with E-state index in [0.717, 1.165) is 0 Å². The zero-order valence-electron chi connectivity index (χ0n) is 17.2. The summed E-state index contributed by atoms with van der Waals surface area (Å²) >= 11 is 0. The lowest BCUT2D eigenvalue weighted by Gasteiger charge is -2.20. The zero-order valence-corrected chi connectivity index (χ0v) is 17.2. The fourth-order valence-corrected chi connectivity index (χ4v) is 2.84. The van der Waals surface area contributed by atoms with E-state index >= 15 is 0 Å². The average Bonchev–Trinajstić information content (AvgIpc) is 3.11. The molecular weight excluding hydrogens is 390 g/mol. The van der Waals surface area contributed by atoms with E-state index in [4.69, 9.17) is 0 Å². The molecule has 2 heterocycles. The molecule has 0 spiro atoms. The summed E-state index contributed by atoms with van der Waals surface area (Å²) in [6, 6.07) is 3.85. The van der Waals surface area contributed by atoms with Crippen LogP contribution in [0.15, 0.2) is 18.2 Å². The van der Waals surface area contributed by atoms with Gasteiger partial charge in [0.15, 0.2) is 17.0 Å². The minimum absolute atomic E-state index is 0.00313. The molecule has 0 saturated carbocycles. The van der Waals surface area contributed by atoms with Crippen LogP contribution in [0.25, 0.3) is 11.2 Å². The van der Waals surface area contributed by atoms with Crippen molar-refractivity contribution < 1.29 is 20.1 Å². The number of carbonyl (C=O) groups is 1. The SMILES string of the molecule is CC(C)C(CO)Nc1nc(Nc2ccc(O)c(C(=O)O)c2)c2nnn(C(C)C)c2n1. The van der Waals surface area contributed by atoms with Crippen LogP contribution < -0.4 is 10.6 Å². The Bertz CT molecular complexity index is 1060. The molecular formula is C19H25N7O4. The highest BCUT2D eigenvalue weighted by Gasteiger charge is 2.20. The van der Waals surface area contributed by atoms with E-state index in [2.05, 4.69) is 30.9 Å². The fourth-order valence-electron chi connectivity index (χ4n) is 2.84. The molecule has 30 heavy (non-hydrogen) atoms. The number of rotatable bonds is 8. The van der Waals surface area contributed by atoms with Gasteiger partial charge in [-0.25, -0.2) is 9.48 Å². The molecule has 5 N–H and O–H groups in total. The molecule has 0 saturated heterocycles. The van der Waals surface area contributed by atoms with Crippen molar-refractivity contribution in [1.82, 2.24) is 25.0 Å². The molecule has 0 aliphatic carbocycles. The first-order chi connectivity index (χ1) is 14.2. The van der Waals surface area contributed by atoms with Crippen molar-refractivity contribution in [2.24, 2.45) is 5.92 Å². The third-order valence-electron chi connectivity index (χ3n) is 4.62. The molecule has 0 fully saturated rings. The Hall–Kier alpha value is -3.47. The molecule has 1 unspecified atom stereocenters. The first-order valence-corrected chi connectivity index (χ1v) is 9.55. The second-order valence-corrected chi connectivity index (χ2v) is 7.54. The monoisotopic (exact) mass is 415 g/mol. The molecule has 0 radical (unpaired) electrons. The number of hydrogen-bond acceptors (Lipinski definition) is 9. The smallest absolute Gasteiger partial charge is 0.339 e. The lowest BCUT2D eigenvalue weighted by atomic mass is 10.1. The number of aromatic hydroxyl groups is 1. The number of carboxylic acid groups (broad SMARTS) is 1. The van der Waals surface area contributed by atoms with E-state index in [0.29, 0.717) is 22.7 Å². The van der Waals surface area contributed by atoms with Gasteiger partial charge in [-0.15, -0.1) is 5.10 Å². The van der Waals surface area contributed by atoms with Gasteiger partial charge in [0.1, 0.15) is 11.3 Å². The second kappa shape index (κ2) is 8.49.